The van der Waals surface area contributed by atoms with Gasteiger partial charge in [0.25, 0.3) is 0 Å². The first-order valence-electron chi connectivity index (χ1n) is 10.4. The summed E-state index contributed by atoms with van der Waals surface area (Å²) in [7, 11) is -4.00. The number of halogens is 1. The molecule has 31 heavy (non-hydrogen) atoms. The van der Waals surface area contributed by atoms with Crippen molar-refractivity contribution in [3.05, 3.63) is 71.6 Å². The molecule has 0 radical (unpaired) electrons. The van der Waals surface area contributed by atoms with Crippen LogP contribution in [-0.4, -0.2) is 40.7 Å². The van der Waals surface area contributed by atoms with Crippen LogP contribution in [0.4, 0.5) is 4.39 Å². The summed E-state index contributed by atoms with van der Waals surface area (Å²) in [4.78, 5) is 6.79. The van der Waals surface area contributed by atoms with Gasteiger partial charge >= 0.3 is 0 Å². The Labute approximate surface area is 181 Å². The predicted molar refractivity (Wildman–Crippen MR) is 116 cm³/mol. The molecule has 1 fully saturated rings. The van der Waals surface area contributed by atoms with Gasteiger partial charge in [-0.25, -0.2) is 27.6 Å². The first-order chi connectivity index (χ1) is 14.8. The largest absolute Gasteiger partial charge is 0.293 e. The Hall–Kier alpha value is -2.62. The number of nitrogens with two attached hydrogens (primary N) is 1. The summed E-state index contributed by atoms with van der Waals surface area (Å²) in [6.07, 6.45) is 3.98. The number of piperidine rings is 1. The molecule has 0 bridgehead atoms. The molecule has 0 aliphatic carbocycles. The summed E-state index contributed by atoms with van der Waals surface area (Å²) in [5.41, 5.74) is 1.17. The van der Waals surface area contributed by atoms with E-state index in [4.69, 9.17) is 10.1 Å². The molecule has 0 amide bonds. The molecule has 7 nitrogen and oxygen atoms in total. The molecule has 1 saturated heterocycles. The fourth-order valence-electron chi connectivity index (χ4n) is 3.96. The molecule has 2 aromatic carbocycles. The van der Waals surface area contributed by atoms with Crippen LogP contribution in [0.1, 0.15) is 43.4 Å². The standard InChI is InChI=1S/C22H26FN5O2S/c1-16-7-5-6-12-27(16)15-21-25-22(13-17-8-3-2-4-9-17)28(26-21)20-11-10-18(14-19(20)23)31(24,29)30/h2-4,8-11,14,16H,5-7,12-13,15H2,1H3,(H2,24,29,30). The minimum absolute atomic E-state index is 0.142. The van der Waals surface area contributed by atoms with Crippen LogP contribution in [0.15, 0.2) is 53.4 Å². The van der Waals surface area contributed by atoms with E-state index in [0.29, 0.717) is 30.7 Å². The minimum Gasteiger partial charge on any atom is -0.293 e. The average molecular weight is 444 g/mol. The van der Waals surface area contributed by atoms with Crippen LogP contribution in [0.25, 0.3) is 5.69 Å². The van der Waals surface area contributed by atoms with Crippen molar-refractivity contribution in [2.24, 2.45) is 5.14 Å². The Balaban J connectivity index is 1.72. The number of benzene rings is 2. The van der Waals surface area contributed by atoms with E-state index in [1.807, 2.05) is 30.3 Å². The van der Waals surface area contributed by atoms with Crippen molar-refractivity contribution in [1.82, 2.24) is 19.7 Å². The maximum Gasteiger partial charge on any atom is 0.238 e. The number of nitrogens with zero attached hydrogens (tertiary/aromatic N) is 4. The minimum atomic E-state index is -4.00. The number of hydrogen-bond donors (Lipinski definition) is 1. The molecule has 2 N–H and O–H groups in total. The zero-order chi connectivity index (χ0) is 22.0. The highest BCUT2D eigenvalue weighted by Gasteiger charge is 2.22. The first-order valence-corrected chi connectivity index (χ1v) is 11.9. The highest BCUT2D eigenvalue weighted by Crippen LogP contribution is 2.22. The molecule has 0 spiro atoms. The Morgan fingerprint density at radius 3 is 2.61 bits per heavy atom. The average Bonchev–Trinajstić information content (AvgIpc) is 3.11. The van der Waals surface area contributed by atoms with Crippen LogP contribution in [-0.2, 0) is 23.0 Å². The number of sulfonamides is 1. The summed E-state index contributed by atoms with van der Waals surface area (Å²) in [6.45, 7) is 3.78. The number of aromatic nitrogens is 3. The van der Waals surface area contributed by atoms with Crippen molar-refractivity contribution in [2.45, 2.75) is 50.1 Å². The van der Waals surface area contributed by atoms with Gasteiger partial charge < -0.3 is 0 Å². The van der Waals surface area contributed by atoms with E-state index in [-0.39, 0.29) is 10.6 Å². The molecule has 9 heteroatoms. The molecule has 2 heterocycles. The SMILES string of the molecule is CC1CCCCN1Cc1nc(Cc2ccccc2)n(-c2ccc(S(N)(=O)=O)cc2F)n1. The lowest BCUT2D eigenvalue weighted by Crippen LogP contribution is -2.37. The molecular weight excluding hydrogens is 417 g/mol. The topological polar surface area (TPSA) is 94.1 Å². The first kappa shape index (κ1) is 21.6. The van der Waals surface area contributed by atoms with Gasteiger partial charge in [0.1, 0.15) is 17.3 Å². The second kappa shape index (κ2) is 8.86. The van der Waals surface area contributed by atoms with Gasteiger partial charge in [-0.05, 0) is 50.1 Å². The molecular formula is C22H26FN5O2S. The van der Waals surface area contributed by atoms with Gasteiger partial charge in [0.15, 0.2) is 5.82 Å². The maximum absolute atomic E-state index is 14.9. The van der Waals surface area contributed by atoms with Gasteiger partial charge in [0, 0.05) is 12.5 Å². The number of rotatable bonds is 6. The molecule has 4 rings (SSSR count). The van der Waals surface area contributed by atoms with Crippen LogP contribution in [0.3, 0.4) is 0 Å². The van der Waals surface area contributed by atoms with Crippen molar-refractivity contribution < 1.29 is 12.8 Å². The summed E-state index contributed by atoms with van der Waals surface area (Å²) < 4.78 is 39.5. The summed E-state index contributed by atoms with van der Waals surface area (Å²) in [5, 5.41) is 9.73. The second-order valence-electron chi connectivity index (χ2n) is 7.99. The number of primary sulfonamides is 1. The third kappa shape index (κ3) is 5.00. The van der Waals surface area contributed by atoms with E-state index >= 15 is 0 Å². The van der Waals surface area contributed by atoms with E-state index in [1.54, 1.807) is 0 Å². The molecule has 3 aromatic rings. The third-order valence-corrected chi connectivity index (χ3v) is 6.60. The molecule has 1 unspecified atom stereocenters. The molecule has 1 atom stereocenters. The van der Waals surface area contributed by atoms with E-state index in [1.165, 1.54) is 23.2 Å². The zero-order valence-corrected chi connectivity index (χ0v) is 18.2. The summed E-state index contributed by atoms with van der Waals surface area (Å²) in [6, 6.07) is 13.8. The summed E-state index contributed by atoms with van der Waals surface area (Å²) in [5.74, 6) is 0.492. The van der Waals surface area contributed by atoms with Crippen LogP contribution in [0.2, 0.25) is 0 Å². The monoisotopic (exact) mass is 443 g/mol. The summed E-state index contributed by atoms with van der Waals surface area (Å²) >= 11 is 0. The smallest absolute Gasteiger partial charge is 0.238 e. The zero-order valence-electron chi connectivity index (χ0n) is 17.4. The maximum atomic E-state index is 14.9. The molecule has 1 aliphatic heterocycles. The normalized spacial score (nSPS) is 17.7. The van der Waals surface area contributed by atoms with Crippen molar-refractivity contribution in [3.8, 4) is 5.69 Å². The Bertz CT molecular complexity index is 1160. The van der Waals surface area contributed by atoms with E-state index in [2.05, 4.69) is 16.9 Å². The lowest BCUT2D eigenvalue weighted by atomic mass is 10.0. The molecule has 1 aromatic heterocycles. The van der Waals surface area contributed by atoms with Crippen molar-refractivity contribution in [2.75, 3.05) is 6.54 Å². The Morgan fingerprint density at radius 2 is 1.94 bits per heavy atom. The van der Waals surface area contributed by atoms with Gasteiger partial charge in [0.05, 0.1) is 11.4 Å². The van der Waals surface area contributed by atoms with Gasteiger partial charge in [0.2, 0.25) is 10.0 Å². The number of hydrogen-bond acceptors (Lipinski definition) is 5. The van der Waals surface area contributed by atoms with Crippen molar-refractivity contribution in [3.63, 3.8) is 0 Å². The fourth-order valence-corrected chi connectivity index (χ4v) is 4.48. The number of likely N-dealkylation sites (tertiary alicyclic amines) is 1. The third-order valence-electron chi connectivity index (χ3n) is 5.68. The van der Waals surface area contributed by atoms with E-state index in [9.17, 15) is 12.8 Å². The highest BCUT2D eigenvalue weighted by atomic mass is 32.2. The molecule has 0 saturated carbocycles. The molecule has 164 valence electrons. The van der Waals surface area contributed by atoms with Crippen LogP contribution < -0.4 is 5.14 Å². The van der Waals surface area contributed by atoms with Crippen LogP contribution in [0, 0.1) is 5.82 Å². The quantitative estimate of drug-likeness (QED) is 0.632. The Kier molecular flexibility index (Phi) is 6.17. The van der Waals surface area contributed by atoms with Gasteiger partial charge in [-0.1, -0.05) is 36.8 Å². The van der Waals surface area contributed by atoms with Crippen LogP contribution >= 0.6 is 0 Å². The van der Waals surface area contributed by atoms with E-state index in [0.717, 1.165) is 31.0 Å². The van der Waals surface area contributed by atoms with Crippen molar-refractivity contribution in [1.29, 1.82) is 0 Å². The van der Waals surface area contributed by atoms with E-state index < -0.39 is 15.8 Å². The predicted octanol–water partition coefficient (Wildman–Crippen LogP) is 3.02. The van der Waals surface area contributed by atoms with Gasteiger partial charge in [-0.2, -0.15) is 0 Å². The second-order valence-corrected chi connectivity index (χ2v) is 9.55. The highest BCUT2D eigenvalue weighted by molar-refractivity contribution is 7.89. The fraction of sp³-hybridized carbons (Fsp3) is 0.364. The van der Waals surface area contributed by atoms with Gasteiger partial charge in [-0.3, -0.25) is 4.90 Å². The van der Waals surface area contributed by atoms with Crippen LogP contribution in [0.5, 0.6) is 0 Å². The Morgan fingerprint density at radius 1 is 1.16 bits per heavy atom. The lowest BCUT2D eigenvalue weighted by molar-refractivity contribution is 0.149. The van der Waals surface area contributed by atoms with Gasteiger partial charge in [-0.15, -0.1) is 5.10 Å². The van der Waals surface area contributed by atoms with Crippen molar-refractivity contribution >= 4 is 10.0 Å². The lowest BCUT2D eigenvalue weighted by Gasteiger charge is -2.32. The molecule has 1 aliphatic rings.